The maximum absolute atomic E-state index is 9.55. The molecule has 3 N–H and O–H groups in total. The van der Waals surface area contributed by atoms with Crippen molar-refractivity contribution in [1.82, 2.24) is 10.3 Å². The molecule has 0 amide bonds. The van der Waals surface area contributed by atoms with Gasteiger partial charge in [0.05, 0.1) is 11.9 Å². The first-order chi connectivity index (χ1) is 10.5. The Kier molecular flexibility index (Phi) is 5.35. The van der Waals surface area contributed by atoms with Crippen LogP contribution in [-0.4, -0.2) is 52.8 Å². The van der Waals surface area contributed by atoms with Gasteiger partial charge in [0.2, 0.25) is 0 Å². The van der Waals surface area contributed by atoms with Crippen molar-refractivity contribution in [1.29, 1.82) is 0 Å². The normalized spacial score (nSPS) is 22.5. The minimum absolute atomic E-state index is 0.558. The first-order valence-corrected chi connectivity index (χ1v) is 7.07. The lowest BCUT2D eigenvalue weighted by molar-refractivity contribution is -0.134. The van der Waals surface area contributed by atoms with Gasteiger partial charge in [0.25, 0.3) is 0 Å². The van der Waals surface area contributed by atoms with E-state index in [-0.39, 0.29) is 0 Å². The van der Waals surface area contributed by atoms with Crippen molar-refractivity contribution in [3.8, 4) is 0 Å². The van der Waals surface area contributed by atoms with Crippen molar-refractivity contribution in [2.45, 2.75) is 6.04 Å². The zero-order valence-electron chi connectivity index (χ0n) is 11.6. The van der Waals surface area contributed by atoms with Gasteiger partial charge in [0.1, 0.15) is 5.15 Å². The predicted molar refractivity (Wildman–Crippen MR) is 81.2 cm³/mol. The number of aliphatic carboxylic acids is 2. The van der Waals surface area contributed by atoms with E-state index in [1.165, 1.54) is 12.2 Å². The molecule has 8 heteroatoms. The van der Waals surface area contributed by atoms with Gasteiger partial charge in [-0.3, -0.25) is 0 Å². The molecular weight excluding hydrogens is 310 g/mol. The highest BCUT2D eigenvalue weighted by Gasteiger charge is 2.38. The Morgan fingerprint density at radius 1 is 1.27 bits per heavy atom. The number of rotatable bonds is 3. The average Bonchev–Trinajstić information content (AvgIpc) is 2.74. The molecule has 0 aromatic carbocycles. The second-order valence-corrected chi connectivity index (χ2v) is 5.42. The predicted octanol–water partition coefficient (Wildman–Crippen LogP) is 0.855. The number of nitrogens with zero attached hydrogens (tertiary/aromatic N) is 2. The lowest BCUT2D eigenvalue weighted by Crippen LogP contribution is -2.51. The van der Waals surface area contributed by atoms with Gasteiger partial charge in [-0.1, -0.05) is 11.6 Å². The van der Waals surface area contributed by atoms with Crippen LogP contribution in [0.3, 0.4) is 0 Å². The van der Waals surface area contributed by atoms with Crippen molar-refractivity contribution < 1.29 is 19.8 Å². The van der Waals surface area contributed by atoms with Crippen LogP contribution in [0.5, 0.6) is 0 Å². The van der Waals surface area contributed by atoms with Gasteiger partial charge >= 0.3 is 11.9 Å². The van der Waals surface area contributed by atoms with Crippen molar-refractivity contribution in [2.24, 2.45) is 5.92 Å². The standard InChI is InChI=1S/C10H12ClN3.C4H4O4/c11-10-2-1-8(4-13-10)14-5-7-3-12-9(7)6-14;5-3(6)1-2-4(7)8/h1-2,4,7,9,12H,3,5-6H2;1-2H,(H,5,6)(H,7,8)/b;2-1+/t7-,9+;/m1./s1. The van der Waals surface area contributed by atoms with Gasteiger partial charge < -0.3 is 20.4 Å². The Morgan fingerprint density at radius 3 is 2.32 bits per heavy atom. The SMILES string of the molecule is Clc1ccc(N2C[C@H]3CN[C@H]3C2)cn1.O=C(O)/C=C/C(=O)O. The molecule has 118 valence electrons. The van der Waals surface area contributed by atoms with Crippen LogP contribution in [0.2, 0.25) is 5.15 Å². The van der Waals surface area contributed by atoms with E-state index in [0.29, 0.717) is 23.3 Å². The van der Waals surface area contributed by atoms with Crippen LogP contribution in [0.25, 0.3) is 0 Å². The Labute approximate surface area is 132 Å². The number of aromatic nitrogens is 1. The van der Waals surface area contributed by atoms with E-state index in [0.717, 1.165) is 19.0 Å². The van der Waals surface area contributed by atoms with Crippen LogP contribution >= 0.6 is 11.6 Å². The number of nitrogens with one attached hydrogen (secondary N) is 1. The molecule has 7 nitrogen and oxygen atoms in total. The number of hydrogen-bond acceptors (Lipinski definition) is 5. The largest absolute Gasteiger partial charge is 0.478 e. The number of carbonyl (C=O) groups is 2. The first kappa shape index (κ1) is 16.3. The highest BCUT2D eigenvalue weighted by atomic mass is 35.5. The summed E-state index contributed by atoms with van der Waals surface area (Å²) >= 11 is 5.75. The van der Waals surface area contributed by atoms with Crippen LogP contribution < -0.4 is 10.2 Å². The van der Waals surface area contributed by atoms with Gasteiger partial charge in [-0.15, -0.1) is 0 Å². The highest BCUT2D eigenvalue weighted by molar-refractivity contribution is 6.29. The molecular formula is C14H16ClN3O4. The number of carboxylic acids is 2. The maximum atomic E-state index is 9.55. The van der Waals surface area contributed by atoms with Crippen LogP contribution in [0.1, 0.15) is 0 Å². The molecule has 0 saturated carbocycles. The fraction of sp³-hybridized carbons (Fsp3) is 0.357. The fourth-order valence-electron chi connectivity index (χ4n) is 2.36. The summed E-state index contributed by atoms with van der Waals surface area (Å²) < 4.78 is 0. The molecule has 22 heavy (non-hydrogen) atoms. The molecule has 1 aromatic heterocycles. The van der Waals surface area contributed by atoms with E-state index in [2.05, 4.69) is 15.2 Å². The molecule has 2 aliphatic rings. The monoisotopic (exact) mass is 325 g/mol. The summed E-state index contributed by atoms with van der Waals surface area (Å²) in [5.41, 5.74) is 1.19. The van der Waals surface area contributed by atoms with E-state index in [1.54, 1.807) is 0 Å². The van der Waals surface area contributed by atoms with Crippen LogP contribution in [-0.2, 0) is 9.59 Å². The third kappa shape index (κ3) is 4.44. The third-order valence-corrected chi connectivity index (χ3v) is 3.75. The molecule has 0 bridgehead atoms. The fourth-order valence-corrected chi connectivity index (χ4v) is 2.47. The molecule has 3 rings (SSSR count). The van der Waals surface area contributed by atoms with E-state index < -0.39 is 11.9 Å². The zero-order valence-corrected chi connectivity index (χ0v) is 12.4. The van der Waals surface area contributed by atoms with Crippen LogP contribution in [0.15, 0.2) is 30.5 Å². The number of carboxylic acid groups (broad SMARTS) is 2. The lowest BCUT2D eigenvalue weighted by atomic mass is 9.96. The number of halogens is 1. The Hall–Kier alpha value is -2.12. The van der Waals surface area contributed by atoms with Crippen molar-refractivity contribution in [2.75, 3.05) is 24.5 Å². The van der Waals surface area contributed by atoms with E-state index >= 15 is 0 Å². The van der Waals surface area contributed by atoms with Gasteiger partial charge in [-0.2, -0.15) is 0 Å². The lowest BCUT2D eigenvalue weighted by Gasteiger charge is -2.29. The first-order valence-electron chi connectivity index (χ1n) is 6.69. The van der Waals surface area contributed by atoms with Crippen LogP contribution in [0.4, 0.5) is 5.69 Å². The number of anilines is 1. The summed E-state index contributed by atoms with van der Waals surface area (Å²) in [4.78, 5) is 25.6. The van der Waals surface area contributed by atoms with Gasteiger partial charge in [0.15, 0.2) is 0 Å². The minimum Gasteiger partial charge on any atom is -0.478 e. The molecule has 3 heterocycles. The molecule has 2 fully saturated rings. The van der Waals surface area contributed by atoms with Crippen molar-refractivity contribution >= 4 is 29.2 Å². The smallest absolute Gasteiger partial charge is 0.328 e. The number of pyridine rings is 1. The van der Waals surface area contributed by atoms with E-state index in [4.69, 9.17) is 21.8 Å². The Morgan fingerprint density at radius 2 is 1.95 bits per heavy atom. The third-order valence-electron chi connectivity index (χ3n) is 3.53. The minimum atomic E-state index is -1.26. The van der Waals surface area contributed by atoms with E-state index in [9.17, 15) is 9.59 Å². The molecule has 1 aromatic rings. The molecule has 2 atom stereocenters. The number of hydrogen-bond donors (Lipinski definition) is 3. The second-order valence-electron chi connectivity index (χ2n) is 5.03. The van der Waals surface area contributed by atoms with E-state index in [1.807, 2.05) is 18.3 Å². The second kappa shape index (κ2) is 7.24. The van der Waals surface area contributed by atoms with Gasteiger partial charge in [0, 0.05) is 43.7 Å². The quantitative estimate of drug-likeness (QED) is 0.559. The Balaban J connectivity index is 0.000000192. The summed E-state index contributed by atoms with van der Waals surface area (Å²) in [6, 6.07) is 4.59. The molecule has 2 aliphatic heterocycles. The summed E-state index contributed by atoms with van der Waals surface area (Å²) in [5, 5.41) is 19.6. The van der Waals surface area contributed by atoms with Crippen molar-refractivity contribution in [3.63, 3.8) is 0 Å². The summed E-state index contributed by atoms with van der Waals surface area (Å²) in [5.74, 6) is -1.68. The molecule has 0 radical (unpaired) electrons. The Bertz CT molecular complexity index is 548. The van der Waals surface area contributed by atoms with Crippen LogP contribution in [0, 0.1) is 5.92 Å². The van der Waals surface area contributed by atoms with Crippen molar-refractivity contribution in [3.05, 3.63) is 35.6 Å². The number of fused-ring (bicyclic) bond motifs is 1. The molecule has 0 unspecified atom stereocenters. The summed E-state index contributed by atoms with van der Waals surface area (Å²) in [7, 11) is 0. The maximum Gasteiger partial charge on any atom is 0.328 e. The molecule has 0 spiro atoms. The highest BCUT2D eigenvalue weighted by Crippen LogP contribution is 2.28. The topological polar surface area (TPSA) is 103 Å². The average molecular weight is 326 g/mol. The zero-order chi connectivity index (χ0) is 16.1. The molecule has 0 aliphatic carbocycles. The van der Waals surface area contributed by atoms with Gasteiger partial charge in [-0.25, -0.2) is 14.6 Å². The molecule has 2 saturated heterocycles. The summed E-state index contributed by atoms with van der Waals surface area (Å²) in [6.45, 7) is 3.43. The van der Waals surface area contributed by atoms with Gasteiger partial charge in [-0.05, 0) is 12.1 Å². The summed E-state index contributed by atoms with van der Waals surface area (Å²) in [6.07, 6.45) is 2.97.